The Kier molecular flexibility index (Phi) is 2.11. The van der Waals surface area contributed by atoms with Gasteiger partial charge < -0.3 is 4.98 Å². The molecule has 0 saturated heterocycles. The lowest BCUT2D eigenvalue weighted by Crippen LogP contribution is -2.38. The normalized spacial score (nSPS) is 12.2. The minimum Gasteiger partial charge on any atom is -0.328 e. The molecule has 2 heterocycles. The first-order valence-corrected chi connectivity index (χ1v) is 4.25. The summed E-state index contributed by atoms with van der Waals surface area (Å²) in [5.74, 6) is -0.177. The molecule has 0 fully saturated rings. The summed E-state index contributed by atoms with van der Waals surface area (Å²) in [4.78, 5) is 17.3. The number of aromatic nitrogens is 3. The maximum atomic E-state index is 12.5. The molecule has 2 aromatic heterocycles. The van der Waals surface area contributed by atoms with Crippen LogP contribution in [0.5, 0.6) is 0 Å². The highest BCUT2D eigenvalue weighted by atomic mass is 19.4. The Morgan fingerprint density at radius 2 is 2.12 bits per heavy atom. The molecule has 4 nitrogen and oxygen atoms in total. The van der Waals surface area contributed by atoms with E-state index in [1.54, 1.807) is 6.92 Å². The number of rotatable bonds is 0. The fraction of sp³-hybridized carbons (Fsp3) is 0.250. The Morgan fingerprint density at radius 1 is 1.50 bits per heavy atom. The Morgan fingerprint density at radius 3 is 2.69 bits per heavy atom. The summed E-state index contributed by atoms with van der Waals surface area (Å²) in [7, 11) is 5.11. The highest BCUT2D eigenvalue weighted by Gasteiger charge is 2.35. The van der Waals surface area contributed by atoms with Gasteiger partial charge >= 0.3 is 6.18 Å². The fourth-order valence-electron chi connectivity index (χ4n) is 1.37. The second-order valence-corrected chi connectivity index (χ2v) is 3.31. The lowest BCUT2D eigenvalue weighted by molar-refractivity contribution is -0.140. The predicted octanol–water partition coefficient (Wildman–Crippen LogP) is 0.144. The topological polar surface area (TPSA) is 50.2 Å². The molecule has 0 bridgehead atoms. The maximum Gasteiger partial charge on any atom is 0.433 e. The molecule has 16 heavy (non-hydrogen) atoms. The van der Waals surface area contributed by atoms with Crippen LogP contribution in [0.3, 0.4) is 0 Å². The molecule has 2 rings (SSSR count). The predicted molar refractivity (Wildman–Crippen MR) is 50.9 cm³/mol. The van der Waals surface area contributed by atoms with Gasteiger partial charge in [-0.25, -0.2) is 4.98 Å². The molecule has 2 radical (unpaired) electrons. The molecule has 0 unspecified atom stereocenters. The van der Waals surface area contributed by atoms with E-state index in [9.17, 15) is 18.0 Å². The van der Waals surface area contributed by atoms with Crippen LogP contribution in [0.1, 0.15) is 11.4 Å². The van der Waals surface area contributed by atoms with Gasteiger partial charge in [0.1, 0.15) is 13.5 Å². The molecule has 0 spiro atoms. The summed E-state index contributed by atoms with van der Waals surface area (Å²) in [6.45, 7) is 1.59. The quantitative estimate of drug-likeness (QED) is 0.651. The van der Waals surface area contributed by atoms with Crippen LogP contribution in [-0.4, -0.2) is 22.2 Å². The van der Waals surface area contributed by atoms with Crippen molar-refractivity contribution in [2.24, 2.45) is 0 Å². The largest absolute Gasteiger partial charge is 0.433 e. The van der Waals surface area contributed by atoms with Crippen molar-refractivity contribution in [2.45, 2.75) is 13.1 Å². The van der Waals surface area contributed by atoms with Gasteiger partial charge in [0.15, 0.2) is 0 Å². The van der Waals surface area contributed by atoms with Gasteiger partial charge in [0, 0.05) is 11.9 Å². The molecule has 0 aliphatic rings. The number of aryl methyl sites for hydroxylation is 1. The SMILES string of the molecule is [B]c1c(C(F)(F)F)nc2[nH]c(C)cn2c1=O. The van der Waals surface area contributed by atoms with Crippen LogP contribution in [0.2, 0.25) is 0 Å². The zero-order valence-corrected chi connectivity index (χ0v) is 8.09. The third-order valence-corrected chi connectivity index (χ3v) is 2.05. The van der Waals surface area contributed by atoms with Crippen LogP contribution in [-0.2, 0) is 6.18 Å². The Labute approximate surface area is 88.5 Å². The van der Waals surface area contributed by atoms with E-state index in [1.807, 2.05) is 0 Å². The molecule has 0 atom stereocenters. The van der Waals surface area contributed by atoms with Gasteiger partial charge in [-0.3, -0.25) is 9.20 Å². The summed E-state index contributed by atoms with van der Waals surface area (Å²) in [5, 5.41) is 0. The lowest BCUT2D eigenvalue weighted by atomic mass is 9.95. The van der Waals surface area contributed by atoms with Crippen LogP contribution in [0.25, 0.3) is 5.78 Å². The molecule has 0 aliphatic heterocycles. The highest BCUT2D eigenvalue weighted by molar-refractivity contribution is 6.32. The minimum atomic E-state index is -4.74. The third-order valence-electron chi connectivity index (χ3n) is 2.05. The lowest BCUT2D eigenvalue weighted by Gasteiger charge is -2.08. The van der Waals surface area contributed by atoms with Gasteiger partial charge in [-0.1, -0.05) is 0 Å². The minimum absolute atomic E-state index is 0.177. The molecule has 0 aliphatic carbocycles. The van der Waals surface area contributed by atoms with Crippen LogP contribution < -0.4 is 11.0 Å². The highest BCUT2D eigenvalue weighted by Crippen LogP contribution is 2.25. The monoisotopic (exact) mass is 227 g/mol. The van der Waals surface area contributed by atoms with E-state index in [0.29, 0.717) is 5.69 Å². The molecular formula is C8H5BF3N3O. The van der Waals surface area contributed by atoms with E-state index in [2.05, 4.69) is 9.97 Å². The van der Waals surface area contributed by atoms with Crippen molar-refractivity contribution in [1.82, 2.24) is 14.4 Å². The zero-order valence-electron chi connectivity index (χ0n) is 8.09. The van der Waals surface area contributed by atoms with Crippen molar-refractivity contribution >= 4 is 19.1 Å². The fourth-order valence-corrected chi connectivity index (χ4v) is 1.37. The van der Waals surface area contributed by atoms with Gasteiger partial charge in [0.05, 0.1) is 0 Å². The van der Waals surface area contributed by atoms with Gasteiger partial charge in [-0.05, 0) is 12.4 Å². The number of H-pyrrole nitrogens is 1. The number of imidazole rings is 1. The van der Waals surface area contributed by atoms with E-state index in [4.69, 9.17) is 7.85 Å². The van der Waals surface area contributed by atoms with Gasteiger partial charge in [0.25, 0.3) is 5.56 Å². The third kappa shape index (κ3) is 1.50. The molecular weight excluding hydrogens is 222 g/mol. The summed E-state index contributed by atoms with van der Waals surface area (Å²) < 4.78 is 38.3. The van der Waals surface area contributed by atoms with Crippen LogP contribution in [0.4, 0.5) is 13.2 Å². The number of fused-ring (bicyclic) bond motifs is 1. The van der Waals surface area contributed by atoms with Crippen molar-refractivity contribution in [3.8, 4) is 0 Å². The first-order valence-electron chi connectivity index (χ1n) is 4.25. The average Bonchev–Trinajstić information content (AvgIpc) is 2.51. The summed E-state index contributed by atoms with van der Waals surface area (Å²) in [6.07, 6.45) is -3.40. The van der Waals surface area contributed by atoms with Gasteiger partial charge in [0.2, 0.25) is 5.78 Å². The molecule has 0 amide bonds. The average molecular weight is 227 g/mol. The van der Waals surface area contributed by atoms with Crippen molar-refractivity contribution in [1.29, 1.82) is 0 Å². The van der Waals surface area contributed by atoms with Crippen molar-refractivity contribution < 1.29 is 13.2 Å². The van der Waals surface area contributed by atoms with Crippen molar-refractivity contribution in [3.05, 3.63) is 27.9 Å². The van der Waals surface area contributed by atoms with Crippen LogP contribution in [0, 0.1) is 6.92 Å². The Balaban J connectivity index is 2.89. The number of halogens is 3. The number of aromatic amines is 1. The first kappa shape index (κ1) is 10.8. The molecule has 2 aromatic rings. The standard InChI is InChI=1S/C8H5BF3N3O/c1-3-2-15-6(16)4(9)5(8(10,11)12)14-7(15)13-3/h2H,1H3,(H,13,14). The summed E-state index contributed by atoms with van der Waals surface area (Å²) >= 11 is 0. The number of nitrogens with one attached hydrogen (secondary N) is 1. The number of hydrogen-bond acceptors (Lipinski definition) is 2. The van der Waals surface area contributed by atoms with Crippen LogP contribution in [0.15, 0.2) is 11.0 Å². The maximum absolute atomic E-state index is 12.5. The number of alkyl halides is 3. The van der Waals surface area contributed by atoms with Crippen molar-refractivity contribution in [2.75, 3.05) is 0 Å². The van der Waals surface area contributed by atoms with E-state index < -0.39 is 22.9 Å². The molecule has 1 N–H and O–H groups in total. The number of hydrogen-bond donors (Lipinski definition) is 1. The molecule has 0 aromatic carbocycles. The molecule has 8 heteroatoms. The molecule has 82 valence electrons. The van der Waals surface area contributed by atoms with E-state index in [-0.39, 0.29) is 5.78 Å². The first-order chi connectivity index (χ1) is 7.30. The van der Waals surface area contributed by atoms with Crippen molar-refractivity contribution in [3.63, 3.8) is 0 Å². The number of nitrogens with zero attached hydrogens (tertiary/aromatic N) is 2. The second-order valence-electron chi connectivity index (χ2n) is 3.31. The second kappa shape index (κ2) is 3.13. The van der Waals surface area contributed by atoms with E-state index in [0.717, 1.165) is 4.40 Å². The molecule has 0 saturated carbocycles. The summed E-state index contributed by atoms with van der Waals surface area (Å²) in [5.41, 5.74) is -2.67. The zero-order chi connectivity index (χ0) is 12.1. The van der Waals surface area contributed by atoms with Gasteiger partial charge in [-0.15, -0.1) is 0 Å². The van der Waals surface area contributed by atoms with E-state index >= 15 is 0 Å². The van der Waals surface area contributed by atoms with Crippen LogP contribution >= 0.6 is 0 Å². The summed E-state index contributed by atoms with van der Waals surface area (Å²) in [6, 6.07) is 0. The van der Waals surface area contributed by atoms with Gasteiger partial charge in [-0.2, -0.15) is 13.2 Å². The van der Waals surface area contributed by atoms with E-state index in [1.165, 1.54) is 6.20 Å². The Bertz CT molecular complexity index is 613. The Hall–Kier alpha value is -1.73. The smallest absolute Gasteiger partial charge is 0.328 e.